The molecular formula is C12H16ClN5O. The molecule has 19 heavy (non-hydrogen) atoms. The maximum Gasteiger partial charge on any atom is 0.212 e. The molecule has 1 unspecified atom stereocenters. The molecule has 102 valence electrons. The van der Waals surface area contributed by atoms with E-state index in [0.29, 0.717) is 10.8 Å². The molecule has 7 heteroatoms. The Labute approximate surface area is 116 Å². The van der Waals surface area contributed by atoms with E-state index in [1.165, 1.54) is 4.80 Å². The Morgan fingerprint density at radius 1 is 1.47 bits per heavy atom. The number of halogens is 1. The molecule has 0 aliphatic rings. The van der Waals surface area contributed by atoms with Crippen molar-refractivity contribution in [2.45, 2.75) is 19.6 Å². The summed E-state index contributed by atoms with van der Waals surface area (Å²) in [7, 11) is 3.60. The molecule has 1 N–H and O–H groups in total. The van der Waals surface area contributed by atoms with Gasteiger partial charge in [-0.2, -0.15) is 4.80 Å². The Kier molecular flexibility index (Phi) is 4.34. The van der Waals surface area contributed by atoms with Gasteiger partial charge >= 0.3 is 0 Å². The molecule has 0 spiro atoms. The van der Waals surface area contributed by atoms with Crippen molar-refractivity contribution in [3.05, 3.63) is 34.6 Å². The zero-order valence-electron chi connectivity index (χ0n) is 11.1. The van der Waals surface area contributed by atoms with E-state index in [1.807, 2.05) is 26.1 Å². The number of hydrogen-bond donors (Lipinski definition) is 1. The number of benzene rings is 1. The van der Waals surface area contributed by atoms with Crippen LogP contribution in [0.3, 0.4) is 0 Å². The fourth-order valence-corrected chi connectivity index (χ4v) is 1.85. The van der Waals surface area contributed by atoms with Gasteiger partial charge in [-0.05, 0) is 37.4 Å². The second-order valence-corrected chi connectivity index (χ2v) is 4.61. The van der Waals surface area contributed by atoms with Gasteiger partial charge in [0, 0.05) is 16.6 Å². The molecule has 2 rings (SSSR count). The van der Waals surface area contributed by atoms with E-state index in [2.05, 4.69) is 20.7 Å². The van der Waals surface area contributed by atoms with Crippen molar-refractivity contribution in [1.82, 2.24) is 25.5 Å². The van der Waals surface area contributed by atoms with Gasteiger partial charge < -0.3 is 10.1 Å². The molecule has 1 aromatic heterocycles. The van der Waals surface area contributed by atoms with Crippen LogP contribution in [-0.2, 0) is 13.7 Å². The summed E-state index contributed by atoms with van der Waals surface area (Å²) in [6.45, 7) is 2.32. The van der Waals surface area contributed by atoms with Crippen LogP contribution < -0.4 is 10.1 Å². The lowest BCUT2D eigenvalue weighted by Gasteiger charge is -2.16. The topological polar surface area (TPSA) is 64.9 Å². The lowest BCUT2D eigenvalue weighted by atomic mass is 10.1. The number of rotatable bonds is 5. The number of nitrogens with zero attached hydrogens (tertiary/aromatic N) is 4. The first kappa shape index (κ1) is 13.8. The van der Waals surface area contributed by atoms with Crippen LogP contribution in [0.5, 0.6) is 5.75 Å². The van der Waals surface area contributed by atoms with Crippen LogP contribution in [0.15, 0.2) is 18.2 Å². The van der Waals surface area contributed by atoms with Gasteiger partial charge in [0.15, 0.2) is 6.61 Å². The Bertz CT molecular complexity index is 557. The Hall–Kier alpha value is -1.66. The first-order valence-electron chi connectivity index (χ1n) is 5.92. The Balaban J connectivity index is 2.15. The Morgan fingerprint density at radius 2 is 2.26 bits per heavy atom. The van der Waals surface area contributed by atoms with Crippen molar-refractivity contribution < 1.29 is 4.74 Å². The molecule has 0 fully saturated rings. The zero-order chi connectivity index (χ0) is 13.8. The number of tetrazole rings is 1. The first-order chi connectivity index (χ1) is 9.10. The van der Waals surface area contributed by atoms with Gasteiger partial charge in [-0.3, -0.25) is 0 Å². The Morgan fingerprint density at radius 3 is 2.89 bits per heavy atom. The monoisotopic (exact) mass is 281 g/mol. The minimum atomic E-state index is 0.142. The quantitative estimate of drug-likeness (QED) is 0.904. The standard InChI is InChI=1S/C12H16ClN5O/c1-8(14-2)10-6-9(13)4-5-11(10)19-7-12-15-17-18(3)16-12/h4-6,8,14H,7H2,1-3H3. The molecule has 0 amide bonds. The molecule has 1 heterocycles. The number of aromatic nitrogens is 4. The number of ether oxygens (including phenoxy) is 1. The molecule has 0 radical (unpaired) electrons. The van der Waals surface area contributed by atoms with E-state index < -0.39 is 0 Å². The molecule has 0 aliphatic carbocycles. The van der Waals surface area contributed by atoms with Gasteiger partial charge in [-0.15, -0.1) is 10.2 Å². The average molecular weight is 282 g/mol. The van der Waals surface area contributed by atoms with Crippen molar-refractivity contribution in [1.29, 1.82) is 0 Å². The molecular weight excluding hydrogens is 266 g/mol. The fraction of sp³-hybridized carbons (Fsp3) is 0.417. The highest BCUT2D eigenvalue weighted by atomic mass is 35.5. The molecule has 0 saturated carbocycles. The van der Waals surface area contributed by atoms with Gasteiger partial charge in [0.25, 0.3) is 0 Å². The second kappa shape index (κ2) is 5.99. The van der Waals surface area contributed by atoms with Gasteiger partial charge in [-0.25, -0.2) is 0 Å². The minimum absolute atomic E-state index is 0.142. The molecule has 1 atom stereocenters. The van der Waals surface area contributed by atoms with E-state index in [-0.39, 0.29) is 12.6 Å². The van der Waals surface area contributed by atoms with E-state index in [1.54, 1.807) is 13.1 Å². The van der Waals surface area contributed by atoms with E-state index in [9.17, 15) is 0 Å². The SMILES string of the molecule is CNC(C)c1cc(Cl)ccc1OCc1nnn(C)n1. The van der Waals surface area contributed by atoms with Crippen LogP contribution in [0.2, 0.25) is 5.02 Å². The number of hydrogen-bond acceptors (Lipinski definition) is 5. The van der Waals surface area contributed by atoms with Gasteiger partial charge in [-0.1, -0.05) is 11.6 Å². The van der Waals surface area contributed by atoms with Gasteiger partial charge in [0.05, 0.1) is 7.05 Å². The molecule has 6 nitrogen and oxygen atoms in total. The maximum atomic E-state index is 6.02. The van der Waals surface area contributed by atoms with Crippen molar-refractivity contribution >= 4 is 11.6 Å². The van der Waals surface area contributed by atoms with Crippen LogP contribution in [0.4, 0.5) is 0 Å². The molecule has 0 bridgehead atoms. The van der Waals surface area contributed by atoms with Crippen molar-refractivity contribution in [2.24, 2.45) is 7.05 Å². The van der Waals surface area contributed by atoms with Crippen LogP contribution in [0.1, 0.15) is 24.4 Å². The minimum Gasteiger partial charge on any atom is -0.485 e. The van der Waals surface area contributed by atoms with Crippen LogP contribution in [-0.4, -0.2) is 27.3 Å². The summed E-state index contributed by atoms with van der Waals surface area (Å²) in [5.74, 6) is 1.30. The van der Waals surface area contributed by atoms with Gasteiger partial charge in [0.2, 0.25) is 5.82 Å². The highest BCUT2D eigenvalue weighted by Crippen LogP contribution is 2.28. The van der Waals surface area contributed by atoms with Crippen molar-refractivity contribution in [3.8, 4) is 5.75 Å². The number of nitrogens with one attached hydrogen (secondary N) is 1. The molecule has 0 saturated heterocycles. The second-order valence-electron chi connectivity index (χ2n) is 4.18. The summed E-state index contributed by atoms with van der Waals surface area (Å²) in [6, 6.07) is 5.68. The third-order valence-electron chi connectivity index (χ3n) is 2.78. The lowest BCUT2D eigenvalue weighted by Crippen LogP contribution is -2.14. The maximum absolute atomic E-state index is 6.02. The predicted octanol–water partition coefficient (Wildman–Crippen LogP) is 1.72. The zero-order valence-corrected chi connectivity index (χ0v) is 11.8. The summed E-state index contributed by atoms with van der Waals surface area (Å²) < 4.78 is 5.74. The van der Waals surface area contributed by atoms with Crippen LogP contribution in [0, 0.1) is 0 Å². The first-order valence-corrected chi connectivity index (χ1v) is 6.30. The summed E-state index contributed by atoms with van der Waals surface area (Å²) in [4.78, 5) is 1.40. The average Bonchev–Trinajstić information content (AvgIpc) is 2.82. The third kappa shape index (κ3) is 3.42. The predicted molar refractivity (Wildman–Crippen MR) is 72.1 cm³/mol. The van der Waals surface area contributed by atoms with Gasteiger partial charge in [0.1, 0.15) is 5.75 Å². The summed E-state index contributed by atoms with van der Waals surface area (Å²) in [5, 5.41) is 15.6. The fourth-order valence-electron chi connectivity index (χ4n) is 1.67. The highest BCUT2D eigenvalue weighted by molar-refractivity contribution is 6.30. The summed E-state index contributed by atoms with van der Waals surface area (Å²) in [6.07, 6.45) is 0. The number of aryl methyl sites for hydroxylation is 1. The van der Waals surface area contributed by atoms with Crippen LogP contribution in [0.25, 0.3) is 0 Å². The molecule has 2 aromatic rings. The van der Waals surface area contributed by atoms with Crippen molar-refractivity contribution in [3.63, 3.8) is 0 Å². The van der Waals surface area contributed by atoms with E-state index in [4.69, 9.17) is 16.3 Å². The smallest absolute Gasteiger partial charge is 0.212 e. The molecule has 0 aliphatic heterocycles. The van der Waals surface area contributed by atoms with Crippen molar-refractivity contribution in [2.75, 3.05) is 7.05 Å². The normalized spacial score (nSPS) is 12.4. The lowest BCUT2D eigenvalue weighted by molar-refractivity contribution is 0.290. The summed E-state index contributed by atoms with van der Waals surface area (Å²) >= 11 is 6.02. The van der Waals surface area contributed by atoms with E-state index in [0.717, 1.165) is 11.3 Å². The summed E-state index contributed by atoms with van der Waals surface area (Å²) in [5.41, 5.74) is 0.999. The highest BCUT2D eigenvalue weighted by Gasteiger charge is 2.12. The van der Waals surface area contributed by atoms with Crippen LogP contribution >= 0.6 is 11.6 Å². The van der Waals surface area contributed by atoms with E-state index >= 15 is 0 Å². The largest absolute Gasteiger partial charge is 0.485 e. The molecule has 1 aromatic carbocycles. The third-order valence-corrected chi connectivity index (χ3v) is 3.01.